The first-order valence-corrected chi connectivity index (χ1v) is 5.25. The molecule has 0 aliphatic heterocycles. The highest BCUT2D eigenvalue weighted by atomic mass is 16.4. The number of carboxylic acids is 3. The second-order valence-electron chi connectivity index (χ2n) is 3.88. The summed E-state index contributed by atoms with van der Waals surface area (Å²) in [6.07, 6.45) is -1.68. The van der Waals surface area contributed by atoms with Crippen LogP contribution in [0.25, 0.3) is 0 Å². The van der Waals surface area contributed by atoms with Crippen LogP contribution in [0.3, 0.4) is 0 Å². The lowest BCUT2D eigenvalue weighted by atomic mass is 9.93. The normalized spacial score (nSPS) is 9.95. The Bertz CT molecular complexity index is 680. The molecule has 10 nitrogen and oxygen atoms in total. The number of carbonyl (C=O) groups is 4. The van der Waals surface area contributed by atoms with E-state index in [1.54, 1.807) is 5.32 Å². The van der Waals surface area contributed by atoms with E-state index in [2.05, 4.69) is 0 Å². The van der Waals surface area contributed by atoms with Crippen molar-refractivity contribution in [1.82, 2.24) is 0 Å². The molecule has 21 heavy (non-hydrogen) atoms. The summed E-state index contributed by atoms with van der Waals surface area (Å²) in [4.78, 5) is 44.2. The monoisotopic (exact) mass is 298 g/mol. The summed E-state index contributed by atoms with van der Waals surface area (Å²) < 4.78 is 0. The number of anilines is 2. The maximum absolute atomic E-state index is 11.2. The van der Waals surface area contributed by atoms with Crippen LogP contribution < -0.4 is 11.1 Å². The molecule has 1 amide bonds. The van der Waals surface area contributed by atoms with Crippen LogP contribution in [0.1, 0.15) is 36.6 Å². The molecule has 0 aliphatic carbocycles. The summed E-state index contributed by atoms with van der Waals surface area (Å²) in [5.74, 6) is -5.17. The largest absolute Gasteiger partial charge is 0.478 e. The van der Waals surface area contributed by atoms with Crippen molar-refractivity contribution in [2.45, 2.75) is 6.92 Å². The van der Waals surface area contributed by atoms with Crippen molar-refractivity contribution in [1.29, 1.82) is 0 Å². The minimum atomic E-state index is -1.79. The van der Waals surface area contributed by atoms with E-state index in [1.807, 2.05) is 0 Å². The van der Waals surface area contributed by atoms with E-state index in [0.29, 0.717) is 0 Å². The molecule has 112 valence electrons. The van der Waals surface area contributed by atoms with Gasteiger partial charge in [-0.2, -0.15) is 0 Å². The predicted octanol–water partition coefficient (Wildman–Crippen LogP) is 0.762. The van der Waals surface area contributed by atoms with E-state index in [9.17, 15) is 19.2 Å². The number of amides is 1. The Morgan fingerprint density at radius 3 is 1.62 bits per heavy atom. The van der Waals surface area contributed by atoms with Crippen LogP contribution >= 0.6 is 0 Å². The minimum Gasteiger partial charge on any atom is -0.478 e. The SMILES string of the molecule is Cc1c(NC(=O)O)c(C(=O)O)c(C(=O)O)c(N)c1C(=O)O. The van der Waals surface area contributed by atoms with Crippen LogP contribution in [0.4, 0.5) is 16.2 Å². The van der Waals surface area contributed by atoms with Crippen LogP contribution in [0, 0.1) is 6.92 Å². The Morgan fingerprint density at radius 2 is 1.29 bits per heavy atom. The van der Waals surface area contributed by atoms with Gasteiger partial charge >= 0.3 is 24.0 Å². The van der Waals surface area contributed by atoms with E-state index >= 15 is 0 Å². The molecule has 0 bridgehead atoms. The fraction of sp³-hybridized carbons (Fsp3) is 0.0909. The quantitative estimate of drug-likeness (QED) is 0.436. The van der Waals surface area contributed by atoms with Crippen LogP contribution in [0.15, 0.2) is 0 Å². The first-order valence-electron chi connectivity index (χ1n) is 5.25. The fourth-order valence-corrected chi connectivity index (χ4v) is 1.87. The number of hydrogen-bond donors (Lipinski definition) is 6. The average Bonchev–Trinajstić information content (AvgIpc) is 2.30. The summed E-state index contributed by atoms with van der Waals surface area (Å²) in [6, 6.07) is 0. The zero-order chi connectivity index (χ0) is 16.5. The molecule has 0 atom stereocenters. The molecule has 0 saturated heterocycles. The third kappa shape index (κ3) is 2.68. The lowest BCUT2D eigenvalue weighted by molar-refractivity contribution is 0.0651. The molecule has 1 rings (SSSR count). The number of nitrogen functional groups attached to an aromatic ring is 1. The molecule has 0 radical (unpaired) electrons. The van der Waals surface area contributed by atoms with Gasteiger partial charge < -0.3 is 26.2 Å². The van der Waals surface area contributed by atoms with Crippen molar-refractivity contribution in [2.75, 3.05) is 11.1 Å². The number of nitrogens with two attached hydrogens (primary N) is 1. The highest BCUT2D eigenvalue weighted by Gasteiger charge is 2.31. The van der Waals surface area contributed by atoms with Gasteiger partial charge in [0.05, 0.1) is 22.5 Å². The molecule has 10 heteroatoms. The van der Waals surface area contributed by atoms with E-state index in [-0.39, 0.29) is 5.56 Å². The third-order valence-corrected chi connectivity index (χ3v) is 2.66. The van der Waals surface area contributed by atoms with Gasteiger partial charge in [0.2, 0.25) is 0 Å². The molecule has 0 fully saturated rings. The highest BCUT2D eigenvalue weighted by Crippen LogP contribution is 2.34. The van der Waals surface area contributed by atoms with Gasteiger partial charge in [0, 0.05) is 0 Å². The highest BCUT2D eigenvalue weighted by molar-refractivity contribution is 6.15. The number of rotatable bonds is 4. The smallest absolute Gasteiger partial charge is 0.409 e. The van der Waals surface area contributed by atoms with Gasteiger partial charge in [-0.15, -0.1) is 0 Å². The van der Waals surface area contributed by atoms with Crippen LogP contribution in [0.5, 0.6) is 0 Å². The van der Waals surface area contributed by atoms with Gasteiger partial charge in [-0.05, 0) is 12.5 Å². The molecular formula is C11H10N2O8. The van der Waals surface area contributed by atoms with E-state index < -0.39 is 52.1 Å². The van der Waals surface area contributed by atoms with Crippen LogP contribution in [-0.2, 0) is 0 Å². The summed E-state index contributed by atoms with van der Waals surface area (Å²) in [5.41, 5.74) is 1.11. The van der Waals surface area contributed by atoms with Gasteiger partial charge in [0.1, 0.15) is 5.56 Å². The van der Waals surface area contributed by atoms with E-state index in [1.165, 1.54) is 0 Å². The third-order valence-electron chi connectivity index (χ3n) is 2.66. The van der Waals surface area contributed by atoms with Crippen molar-refractivity contribution in [3.63, 3.8) is 0 Å². The van der Waals surface area contributed by atoms with Crippen molar-refractivity contribution >= 4 is 35.4 Å². The molecule has 1 aromatic rings. The zero-order valence-electron chi connectivity index (χ0n) is 10.5. The second-order valence-corrected chi connectivity index (χ2v) is 3.88. The summed E-state index contributed by atoms with van der Waals surface area (Å²) in [7, 11) is 0. The lowest BCUT2D eigenvalue weighted by Gasteiger charge is -2.17. The van der Waals surface area contributed by atoms with Crippen molar-refractivity contribution in [3.8, 4) is 0 Å². The predicted molar refractivity (Wildman–Crippen MR) is 68.1 cm³/mol. The standard InChI is InChI=1S/C11H10N2O8/c1-2-3(8(14)15)6(12)4(9(16)17)5(10(18)19)7(2)13-11(20)21/h13H,12H2,1H3,(H,14,15)(H,16,17)(H,18,19)(H,20,21). The number of benzene rings is 1. The first kappa shape index (κ1) is 15.8. The van der Waals surface area contributed by atoms with E-state index in [4.69, 9.17) is 26.2 Å². The van der Waals surface area contributed by atoms with Crippen LogP contribution in [0.2, 0.25) is 0 Å². The summed E-state index contributed by atoms with van der Waals surface area (Å²) in [5, 5.41) is 37.6. The second kappa shape index (κ2) is 5.36. The molecule has 0 spiro atoms. The van der Waals surface area contributed by atoms with Gasteiger partial charge in [0.15, 0.2) is 0 Å². The fourth-order valence-electron chi connectivity index (χ4n) is 1.87. The summed E-state index contributed by atoms with van der Waals surface area (Å²) >= 11 is 0. The Kier molecular flexibility index (Phi) is 4.03. The topological polar surface area (TPSA) is 187 Å². The summed E-state index contributed by atoms with van der Waals surface area (Å²) in [6.45, 7) is 1.11. The minimum absolute atomic E-state index is 0.301. The van der Waals surface area contributed by atoms with Crippen molar-refractivity contribution in [3.05, 3.63) is 22.3 Å². The van der Waals surface area contributed by atoms with Gasteiger partial charge in [0.25, 0.3) is 0 Å². The lowest BCUT2D eigenvalue weighted by Crippen LogP contribution is -2.22. The van der Waals surface area contributed by atoms with Gasteiger partial charge in [-0.25, -0.2) is 19.2 Å². The van der Waals surface area contributed by atoms with Crippen molar-refractivity contribution in [2.24, 2.45) is 0 Å². The molecule has 0 heterocycles. The molecular weight excluding hydrogens is 288 g/mol. The molecule has 7 N–H and O–H groups in total. The maximum Gasteiger partial charge on any atom is 0.409 e. The number of carboxylic acid groups (broad SMARTS) is 4. The first-order chi connectivity index (χ1) is 9.59. The Hall–Kier alpha value is -3.30. The van der Waals surface area contributed by atoms with Crippen LogP contribution in [-0.4, -0.2) is 44.4 Å². The molecule has 0 saturated carbocycles. The molecule has 0 aliphatic rings. The van der Waals surface area contributed by atoms with Gasteiger partial charge in [-0.3, -0.25) is 5.32 Å². The zero-order valence-corrected chi connectivity index (χ0v) is 10.5. The van der Waals surface area contributed by atoms with E-state index in [0.717, 1.165) is 6.92 Å². The number of aromatic carboxylic acids is 3. The number of hydrogen-bond acceptors (Lipinski definition) is 5. The van der Waals surface area contributed by atoms with Gasteiger partial charge in [-0.1, -0.05) is 0 Å². The molecule has 1 aromatic carbocycles. The average molecular weight is 298 g/mol. The Labute approximate surface area is 116 Å². The number of nitrogens with one attached hydrogen (secondary N) is 1. The maximum atomic E-state index is 11.2. The molecule has 0 unspecified atom stereocenters. The van der Waals surface area contributed by atoms with Crippen molar-refractivity contribution < 1.29 is 39.6 Å². The molecule has 0 aromatic heterocycles. The Morgan fingerprint density at radius 1 is 0.857 bits per heavy atom. The Balaban J connectivity index is 4.00.